The highest BCUT2D eigenvalue weighted by Crippen LogP contribution is 2.66. The van der Waals surface area contributed by atoms with E-state index in [0.29, 0.717) is 17.5 Å². The highest BCUT2D eigenvalue weighted by atomic mass is 16.2. The highest BCUT2D eigenvalue weighted by Gasteiger charge is 2.59. The van der Waals surface area contributed by atoms with E-state index in [4.69, 9.17) is 0 Å². The number of ketones is 2. The number of nitrogens with one attached hydrogen (secondary N) is 1. The van der Waals surface area contributed by atoms with Crippen molar-refractivity contribution in [2.24, 2.45) is 34.5 Å². The van der Waals surface area contributed by atoms with E-state index < -0.39 is 0 Å². The Morgan fingerprint density at radius 2 is 1.79 bits per heavy atom. The second-order valence-corrected chi connectivity index (χ2v) is 10.7. The van der Waals surface area contributed by atoms with Crippen molar-refractivity contribution in [2.45, 2.75) is 85.0 Å². The Bertz CT molecular complexity index is 732. The summed E-state index contributed by atoms with van der Waals surface area (Å²) < 4.78 is 0. The molecule has 1 heterocycles. The van der Waals surface area contributed by atoms with Crippen LogP contribution >= 0.6 is 0 Å². The third-order valence-electron chi connectivity index (χ3n) is 9.36. The minimum Gasteiger partial charge on any atom is -0.356 e. The van der Waals surface area contributed by atoms with Gasteiger partial charge in [-0.25, -0.2) is 0 Å². The Hall–Kier alpha value is -1.45. The minimum atomic E-state index is 0.204. The maximum Gasteiger partial charge on any atom is 0.220 e. The molecule has 29 heavy (non-hydrogen) atoms. The van der Waals surface area contributed by atoms with Crippen molar-refractivity contribution in [3.63, 3.8) is 0 Å². The highest BCUT2D eigenvalue weighted by molar-refractivity contribution is 5.91. The predicted octanol–water partition coefficient (Wildman–Crippen LogP) is 4.62. The first-order chi connectivity index (χ1) is 13.8. The van der Waals surface area contributed by atoms with Crippen molar-refractivity contribution in [3.05, 3.63) is 11.6 Å². The molecule has 5 aliphatic rings. The van der Waals surface area contributed by atoms with Gasteiger partial charge in [-0.1, -0.05) is 19.4 Å². The number of amides is 1. The number of Topliss-reactive ketones (excluding diaryl/α,β-unsaturated/α-hetero) is 1. The molecule has 3 saturated carbocycles. The van der Waals surface area contributed by atoms with Crippen LogP contribution < -0.4 is 5.32 Å². The van der Waals surface area contributed by atoms with E-state index in [2.05, 4.69) is 19.2 Å². The van der Waals surface area contributed by atoms with Crippen LogP contribution in [0.4, 0.5) is 0 Å². The molecular formula is C25H37NO3. The Labute approximate surface area is 175 Å². The van der Waals surface area contributed by atoms with Crippen LogP contribution in [0.15, 0.2) is 11.6 Å². The molecule has 1 saturated heterocycles. The smallest absolute Gasteiger partial charge is 0.220 e. The van der Waals surface area contributed by atoms with Gasteiger partial charge in [0.1, 0.15) is 5.78 Å². The van der Waals surface area contributed by atoms with Crippen molar-refractivity contribution < 1.29 is 14.4 Å². The summed E-state index contributed by atoms with van der Waals surface area (Å²) in [5, 5.41) is 2.68. The molecule has 0 spiro atoms. The number of rotatable bonds is 1. The zero-order valence-corrected chi connectivity index (χ0v) is 18.4. The molecule has 1 N–H and O–H groups in total. The van der Waals surface area contributed by atoms with Gasteiger partial charge in [0.15, 0.2) is 5.78 Å². The van der Waals surface area contributed by atoms with Gasteiger partial charge in [0.25, 0.3) is 0 Å². The second-order valence-electron chi connectivity index (χ2n) is 10.7. The van der Waals surface area contributed by atoms with Crippen molar-refractivity contribution in [1.82, 2.24) is 5.32 Å². The van der Waals surface area contributed by atoms with E-state index >= 15 is 0 Å². The fourth-order valence-electron chi connectivity index (χ4n) is 7.79. The largest absolute Gasteiger partial charge is 0.356 e. The predicted molar refractivity (Wildman–Crippen MR) is 113 cm³/mol. The molecule has 0 bridgehead atoms. The van der Waals surface area contributed by atoms with Gasteiger partial charge in [-0.2, -0.15) is 0 Å². The number of carbonyl (C=O) groups excluding carboxylic acids is 3. The number of hydrogen-bond acceptors (Lipinski definition) is 3. The third kappa shape index (κ3) is 3.51. The van der Waals surface area contributed by atoms with Crippen molar-refractivity contribution in [2.75, 3.05) is 6.54 Å². The van der Waals surface area contributed by atoms with E-state index in [1.807, 2.05) is 6.08 Å². The summed E-state index contributed by atoms with van der Waals surface area (Å²) in [5.41, 5.74) is 1.95. The number of hydrogen-bond donors (Lipinski definition) is 1. The topological polar surface area (TPSA) is 63.2 Å². The summed E-state index contributed by atoms with van der Waals surface area (Å²) in [5.74, 6) is 3.49. The third-order valence-corrected chi connectivity index (χ3v) is 9.36. The Kier molecular flexibility index (Phi) is 5.50. The lowest BCUT2D eigenvalue weighted by Gasteiger charge is -2.58. The first-order valence-corrected chi connectivity index (χ1v) is 11.8. The van der Waals surface area contributed by atoms with Gasteiger partial charge < -0.3 is 5.32 Å². The molecule has 6 atom stereocenters. The first kappa shape index (κ1) is 20.8. The summed E-state index contributed by atoms with van der Waals surface area (Å²) in [6, 6.07) is 0. The van der Waals surface area contributed by atoms with Crippen LogP contribution in [0.5, 0.6) is 0 Å². The van der Waals surface area contributed by atoms with Crippen molar-refractivity contribution in [1.29, 1.82) is 0 Å². The van der Waals surface area contributed by atoms with E-state index in [-0.39, 0.29) is 16.7 Å². The fraction of sp³-hybridized carbons (Fsp3) is 0.800. The van der Waals surface area contributed by atoms with E-state index in [9.17, 15) is 14.4 Å². The molecule has 4 fully saturated rings. The molecule has 4 heteroatoms. The average molecular weight is 400 g/mol. The second kappa shape index (κ2) is 7.67. The molecule has 160 valence electrons. The Morgan fingerprint density at radius 1 is 1.00 bits per heavy atom. The van der Waals surface area contributed by atoms with Crippen molar-refractivity contribution in [3.8, 4) is 0 Å². The molecular weight excluding hydrogens is 362 g/mol. The van der Waals surface area contributed by atoms with Crippen LogP contribution in [-0.2, 0) is 14.4 Å². The maximum absolute atomic E-state index is 12.1. The molecule has 1 aliphatic heterocycles. The van der Waals surface area contributed by atoms with Gasteiger partial charge in [0.05, 0.1) is 0 Å². The SMILES string of the molecule is CC(=O)[C@H]1CC[C@H]2[C@@H]3CCC4=CC(=O)CC[C@]4(C)[C@H]3CC[C@]12C.O=C1CCCN1. The maximum atomic E-state index is 12.1. The normalized spacial score (nSPS) is 43.2. The van der Waals surface area contributed by atoms with Gasteiger partial charge in [-0.15, -0.1) is 0 Å². The fourth-order valence-corrected chi connectivity index (χ4v) is 7.79. The number of fused-ring (bicyclic) bond motifs is 5. The number of carbonyl (C=O) groups is 3. The van der Waals surface area contributed by atoms with Crippen LogP contribution in [0.1, 0.15) is 85.0 Å². The van der Waals surface area contributed by atoms with E-state index in [0.717, 1.165) is 62.8 Å². The molecule has 0 aromatic rings. The van der Waals surface area contributed by atoms with Gasteiger partial charge in [0, 0.05) is 25.3 Å². The van der Waals surface area contributed by atoms with Crippen LogP contribution in [-0.4, -0.2) is 24.0 Å². The molecule has 0 radical (unpaired) electrons. The lowest BCUT2D eigenvalue weighted by molar-refractivity contribution is -0.128. The van der Waals surface area contributed by atoms with Crippen LogP contribution in [0.25, 0.3) is 0 Å². The van der Waals surface area contributed by atoms with E-state index in [1.165, 1.54) is 31.3 Å². The van der Waals surface area contributed by atoms with E-state index in [1.54, 1.807) is 6.92 Å². The lowest BCUT2D eigenvalue weighted by Crippen LogP contribution is -2.51. The van der Waals surface area contributed by atoms with Crippen LogP contribution in [0.2, 0.25) is 0 Å². The minimum absolute atomic E-state index is 0.204. The standard InChI is InChI=1S/C21H30O2.C4H7NO/c1-13(22)17-6-7-18-16-5-4-14-12-15(23)8-10-20(14,2)19(16)9-11-21(17,18)3;6-4-2-1-3-5-4/h12,16-19H,4-11H2,1-3H3;1-3H2,(H,5,6)/t16-,17+,18-,19-,20-,21+;/m0./s1. The molecule has 0 aromatic carbocycles. The Morgan fingerprint density at radius 3 is 2.41 bits per heavy atom. The van der Waals surface area contributed by atoms with Crippen LogP contribution in [0, 0.1) is 34.5 Å². The van der Waals surface area contributed by atoms with Gasteiger partial charge in [-0.3, -0.25) is 14.4 Å². The first-order valence-electron chi connectivity index (χ1n) is 11.8. The molecule has 5 rings (SSSR count). The zero-order valence-electron chi connectivity index (χ0n) is 18.4. The quantitative estimate of drug-likeness (QED) is 0.700. The summed E-state index contributed by atoms with van der Waals surface area (Å²) in [7, 11) is 0. The zero-order chi connectivity index (χ0) is 20.8. The van der Waals surface area contributed by atoms with Gasteiger partial charge >= 0.3 is 0 Å². The lowest BCUT2D eigenvalue weighted by atomic mass is 9.47. The summed E-state index contributed by atoms with van der Waals surface area (Å²) in [6.07, 6.45) is 12.7. The van der Waals surface area contributed by atoms with Crippen LogP contribution in [0.3, 0.4) is 0 Å². The number of allylic oxidation sites excluding steroid dienone is 1. The van der Waals surface area contributed by atoms with Gasteiger partial charge in [0.2, 0.25) is 5.91 Å². The Balaban J connectivity index is 0.000000294. The van der Waals surface area contributed by atoms with Gasteiger partial charge in [-0.05, 0) is 93.0 Å². The molecule has 0 aromatic heterocycles. The monoisotopic (exact) mass is 399 g/mol. The summed E-state index contributed by atoms with van der Waals surface area (Å²) >= 11 is 0. The van der Waals surface area contributed by atoms with Crippen molar-refractivity contribution >= 4 is 17.5 Å². The molecule has 4 aliphatic carbocycles. The molecule has 4 nitrogen and oxygen atoms in total. The average Bonchev–Trinajstić information content (AvgIpc) is 3.28. The summed E-state index contributed by atoms with van der Waals surface area (Å²) in [6.45, 7) is 7.53. The summed E-state index contributed by atoms with van der Waals surface area (Å²) in [4.78, 5) is 34.1. The molecule has 0 unspecified atom stereocenters. The molecule has 1 amide bonds.